The van der Waals surface area contributed by atoms with E-state index in [1.165, 1.54) is 57.8 Å². The zero-order valence-corrected chi connectivity index (χ0v) is 28.5. The Kier molecular flexibility index (Phi) is 7.95. The van der Waals surface area contributed by atoms with E-state index in [0.29, 0.717) is 40.2 Å². The Morgan fingerprint density at radius 3 is 2.49 bits per heavy atom. The fourth-order valence-corrected chi connectivity index (χ4v) is 12.9. The van der Waals surface area contributed by atoms with E-state index in [1.807, 2.05) is 13.8 Å². The lowest BCUT2D eigenvalue weighted by Crippen LogP contribution is -2.60. The lowest BCUT2D eigenvalue weighted by atomic mass is 9.42. The summed E-state index contributed by atoms with van der Waals surface area (Å²) < 4.78 is 25.6. The Balaban J connectivity index is 1.08. The first-order valence-corrected chi connectivity index (χ1v) is 18.2. The van der Waals surface area contributed by atoms with Crippen molar-refractivity contribution in [2.45, 2.75) is 155 Å². The first-order chi connectivity index (χ1) is 20.2. The zero-order chi connectivity index (χ0) is 30.4. The summed E-state index contributed by atoms with van der Waals surface area (Å²) in [4.78, 5) is 2.53. The van der Waals surface area contributed by atoms with Gasteiger partial charge in [-0.1, -0.05) is 41.0 Å². The highest BCUT2D eigenvalue weighted by Gasteiger charge is 2.67. The SMILES string of the molecule is CC1CC(CC(C)(C)O)OC2CC3(C)C4CCC5C(CCCC3(C)C12)(CCC(OC1CN(C2COC2)CCO1)C5(C)C)C4. The van der Waals surface area contributed by atoms with Crippen LogP contribution in [0, 0.1) is 45.3 Å². The third kappa shape index (κ3) is 5.19. The van der Waals surface area contributed by atoms with E-state index in [1.54, 1.807) is 0 Å². The first-order valence-electron chi connectivity index (χ1n) is 18.2. The lowest BCUT2D eigenvalue weighted by Gasteiger charge is -2.64. The van der Waals surface area contributed by atoms with Gasteiger partial charge in [0.05, 0.1) is 56.3 Å². The van der Waals surface area contributed by atoms with Gasteiger partial charge < -0.3 is 24.1 Å². The van der Waals surface area contributed by atoms with Gasteiger partial charge in [0.1, 0.15) is 0 Å². The Hall–Kier alpha value is -0.240. The molecular formula is C37H63NO5. The van der Waals surface area contributed by atoms with Gasteiger partial charge in [0.25, 0.3) is 0 Å². The number of hydrogen-bond acceptors (Lipinski definition) is 6. The molecule has 0 amide bonds. The molecule has 246 valence electrons. The Bertz CT molecular complexity index is 1020. The molecule has 3 saturated heterocycles. The van der Waals surface area contributed by atoms with Gasteiger partial charge in [-0.3, -0.25) is 4.90 Å². The molecule has 11 atom stereocenters. The van der Waals surface area contributed by atoms with Gasteiger partial charge in [0.2, 0.25) is 0 Å². The fraction of sp³-hybridized carbons (Fsp3) is 1.00. The van der Waals surface area contributed by atoms with Gasteiger partial charge in [-0.25, -0.2) is 0 Å². The second kappa shape index (κ2) is 10.9. The van der Waals surface area contributed by atoms with Gasteiger partial charge in [0.15, 0.2) is 6.29 Å². The molecule has 43 heavy (non-hydrogen) atoms. The fourth-order valence-electron chi connectivity index (χ4n) is 12.9. The van der Waals surface area contributed by atoms with E-state index in [4.69, 9.17) is 18.9 Å². The van der Waals surface area contributed by atoms with Crippen LogP contribution < -0.4 is 0 Å². The molecule has 0 radical (unpaired) electrons. The molecule has 6 nitrogen and oxygen atoms in total. The minimum Gasteiger partial charge on any atom is -0.390 e. The number of ether oxygens (including phenoxy) is 4. The monoisotopic (exact) mass is 601 g/mol. The Morgan fingerprint density at radius 2 is 1.77 bits per heavy atom. The first kappa shape index (κ1) is 31.4. The number of aliphatic hydroxyl groups is 1. The smallest absolute Gasteiger partial charge is 0.170 e. The minimum absolute atomic E-state index is 0.106. The van der Waals surface area contributed by atoms with Crippen molar-refractivity contribution >= 4 is 0 Å². The summed E-state index contributed by atoms with van der Waals surface area (Å²) >= 11 is 0. The molecule has 3 aliphatic heterocycles. The Labute approximate surface area is 262 Å². The predicted molar refractivity (Wildman–Crippen MR) is 169 cm³/mol. The molecule has 7 fully saturated rings. The molecular weight excluding hydrogens is 538 g/mol. The molecule has 7 rings (SSSR count). The molecule has 3 heterocycles. The van der Waals surface area contributed by atoms with Gasteiger partial charge in [-0.15, -0.1) is 0 Å². The summed E-state index contributed by atoms with van der Waals surface area (Å²) in [5.41, 5.74) is 0.591. The molecule has 7 aliphatic rings. The van der Waals surface area contributed by atoms with Crippen LogP contribution in [0.4, 0.5) is 0 Å². The maximum atomic E-state index is 10.6. The van der Waals surface area contributed by atoms with Crippen molar-refractivity contribution in [2.75, 3.05) is 32.9 Å². The van der Waals surface area contributed by atoms with E-state index >= 15 is 0 Å². The summed E-state index contributed by atoms with van der Waals surface area (Å²) in [5.74, 6) is 2.79. The number of rotatable bonds is 5. The van der Waals surface area contributed by atoms with Crippen LogP contribution in [0.1, 0.15) is 119 Å². The van der Waals surface area contributed by atoms with Crippen LogP contribution in [0.5, 0.6) is 0 Å². The number of fused-ring (bicyclic) bond motifs is 5. The standard InChI is InChI=1S/C37H63NO5/c1-24-17-27(19-33(2,3)39)42-28-20-36(7)25-9-10-29-34(4,5)30(43-31-21-38(15-16-41-31)26-22-40-23-26)11-14-37(29,18-25)13-8-12-35(36,6)32(24)28/h24-32,39H,8-23H2,1-7H3. The normalized spacial score (nSPS) is 50.5. The highest BCUT2D eigenvalue weighted by Crippen LogP contribution is 2.73. The third-order valence-corrected chi connectivity index (χ3v) is 15.0. The quantitative estimate of drug-likeness (QED) is 0.373. The molecule has 0 aromatic carbocycles. The summed E-state index contributed by atoms with van der Waals surface area (Å²) in [6, 6.07) is 0.551. The molecule has 4 saturated carbocycles. The summed E-state index contributed by atoms with van der Waals surface area (Å²) in [5, 5.41) is 10.6. The molecule has 4 aliphatic carbocycles. The molecule has 1 N–H and O–H groups in total. The highest BCUT2D eigenvalue weighted by molar-refractivity contribution is 5.16. The topological polar surface area (TPSA) is 60.4 Å². The second-order valence-corrected chi connectivity index (χ2v) is 18.3. The number of morpholine rings is 1. The average Bonchev–Trinajstić information content (AvgIpc) is 3.10. The van der Waals surface area contributed by atoms with Crippen LogP contribution in [0.3, 0.4) is 0 Å². The van der Waals surface area contributed by atoms with Crippen LogP contribution in [0.2, 0.25) is 0 Å². The number of nitrogens with zero attached hydrogens (tertiary/aromatic N) is 1. The van der Waals surface area contributed by atoms with Gasteiger partial charge in [-0.2, -0.15) is 0 Å². The Morgan fingerprint density at radius 1 is 0.977 bits per heavy atom. The van der Waals surface area contributed by atoms with Gasteiger partial charge in [-0.05, 0) is 117 Å². The largest absolute Gasteiger partial charge is 0.390 e. The van der Waals surface area contributed by atoms with Crippen LogP contribution in [0.25, 0.3) is 0 Å². The molecule has 6 heteroatoms. The van der Waals surface area contributed by atoms with Crippen molar-refractivity contribution < 1.29 is 24.1 Å². The summed E-state index contributed by atoms with van der Waals surface area (Å²) in [6.45, 7) is 21.2. The van der Waals surface area contributed by atoms with E-state index in [9.17, 15) is 5.11 Å². The van der Waals surface area contributed by atoms with Crippen LogP contribution in [-0.4, -0.2) is 79.2 Å². The van der Waals surface area contributed by atoms with E-state index in [2.05, 4.69) is 39.5 Å². The molecule has 11 unspecified atom stereocenters. The molecule has 1 spiro atoms. The molecule has 0 aromatic heterocycles. The van der Waals surface area contributed by atoms with Crippen molar-refractivity contribution in [3.63, 3.8) is 0 Å². The van der Waals surface area contributed by atoms with Crippen LogP contribution >= 0.6 is 0 Å². The lowest BCUT2D eigenvalue weighted by molar-refractivity contribution is -0.260. The van der Waals surface area contributed by atoms with Crippen molar-refractivity contribution in [3.8, 4) is 0 Å². The van der Waals surface area contributed by atoms with Crippen LogP contribution in [-0.2, 0) is 18.9 Å². The van der Waals surface area contributed by atoms with Crippen molar-refractivity contribution in [3.05, 3.63) is 0 Å². The molecule has 2 bridgehead atoms. The van der Waals surface area contributed by atoms with Crippen molar-refractivity contribution in [2.24, 2.45) is 45.3 Å². The highest BCUT2D eigenvalue weighted by atomic mass is 16.7. The van der Waals surface area contributed by atoms with Crippen molar-refractivity contribution in [1.82, 2.24) is 4.90 Å². The maximum Gasteiger partial charge on any atom is 0.170 e. The minimum atomic E-state index is -0.667. The van der Waals surface area contributed by atoms with E-state index in [-0.39, 0.29) is 23.9 Å². The van der Waals surface area contributed by atoms with Crippen LogP contribution in [0.15, 0.2) is 0 Å². The van der Waals surface area contributed by atoms with E-state index < -0.39 is 5.60 Å². The average molecular weight is 602 g/mol. The predicted octanol–water partition coefficient (Wildman–Crippen LogP) is 6.82. The number of hydrogen-bond donors (Lipinski definition) is 1. The van der Waals surface area contributed by atoms with Gasteiger partial charge in [0, 0.05) is 13.0 Å². The van der Waals surface area contributed by atoms with Crippen molar-refractivity contribution in [1.29, 1.82) is 0 Å². The maximum absolute atomic E-state index is 10.6. The molecule has 0 aromatic rings. The summed E-state index contributed by atoms with van der Waals surface area (Å²) in [7, 11) is 0. The second-order valence-electron chi connectivity index (χ2n) is 18.3. The van der Waals surface area contributed by atoms with Gasteiger partial charge >= 0.3 is 0 Å². The zero-order valence-electron chi connectivity index (χ0n) is 28.5. The van der Waals surface area contributed by atoms with E-state index in [0.717, 1.165) is 57.6 Å². The third-order valence-electron chi connectivity index (χ3n) is 15.0. The summed E-state index contributed by atoms with van der Waals surface area (Å²) in [6.07, 6.45) is 14.4.